The number of carbonyl (C=O) groups excluding carboxylic acids is 1. The molecule has 0 radical (unpaired) electrons. The molecule has 122 valence electrons. The van der Waals surface area contributed by atoms with Gasteiger partial charge in [-0.3, -0.25) is 4.79 Å². The maximum Gasteiger partial charge on any atom is 0.387 e. The first-order valence-electron chi connectivity index (χ1n) is 7.14. The van der Waals surface area contributed by atoms with Crippen LogP contribution in [-0.2, 0) is 0 Å². The Morgan fingerprint density at radius 2 is 1.91 bits per heavy atom. The smallest absolute Gasteiger partial charge is 0.387 e. The molecule has 0 aromatic heterocycles. The molecule has 0 bridgehead atoms. The van der Waals surface area contributed by atoms with E-state index in [0.29, 0.717) is 23.9 Å². The number of rotatable bonds is 3. The first kappa shape index (κ1) is 17.0. The topological polar surface area (TPSA) is 55.6 Å². The molecule has 2 fully saturated rings. The summed E-state index contributed by atoms with van der Waals surface area (Å²) >= 11 is 0. The molecule has 0 spiro atoms. The number of hydrogen-bond donors (Lipinski definition) is 1. The Morgan fingerprint density at radius 1 is 1.23 bits per heavy atom. The van der Waals surface area contributed by atoms with Gasteiger partial charge >= 0.3 is 6.61 Å². The van der Waals surface area contributed by atoms with E-state index in [1.54, 1.807) is 0 Å². The number of nitrogens with two attached hydrogens (primary N) is 1. The van der Waals surface area contributed by atoms with Gasteiger partial charge in [0.05, 0.1) is 0 Å². The molecule has 1 aromatic rings. The van der Waals surface area contributed by atoms with Crippen LogP contribution < -0.4 is 10.5 Å². The van der Waals surface area contributed by atoms with Crippen molar-refractivity contribution in [2.24, 2.45) is 17.6 Å². The van der Waals surface area contributed by atoms with Crippen LogP contribution in [0.2, 0.25) is 0 Å². The predicted molar refractivity (Wildman–Crippen MR) is 80.4 cm³/mol. The summed E-state index contributed by atoms with van der Waals surface area (Å²) in [5, 5.41) is 0. The van der Waals surface area contributed by atoms with Gasteiger partial charge in [-0.15, -0.1) is 12.4 Å². The third kappa shape index (κ3) is 3.33. The zero-order valence-electron chi connectivity index (χ0n) is 12.0. The van der Waals surface area contributed by atoms with Crippen molar-refractivity contribution in [1.29, 1.82) is 0 Å². The minimum atomic E-state index is -2.86. The van der Waals surface area contributed by atoms with Gasteiger partial charge in [-0.1, -0.05) is 0 Å². The van der Waals surface area contributed by atoms with E-state index < -0.39 is 6.61 Å². The Bertz CT molecular complexity index is 527. The van der Waals surface area contributed by atoms with Crippen molar-refractivity contribution in [3.05, 3.63) is 29.8 Å². The average Bonchev–Trinajstić information content (AvgIpc) is 3.01. The SMILES string of the molecule is Cl.NC1CCC2CN(C(=O)c3ccc(OC(F)F)cc3)CC12. The normalized spacial score (nSPS) is 26.7. The number of likely N-dealkylation sites (tertiary alicyclic amines) is 1. The van der Waals surface area contributed by atoms with Crippen LogP contribution in [0.25, 0.3) is 0 Å². The highest BCUT2D eigenvalue weighted by molar-refractivity contribution is 5.94. The Morgan fingerprint density at radius 3 is 2.50 bits per heavy atom. The van der Waals surface area contributed by atoms with Crippen molar-refractivity contribution >= 4 is 18.3 Å². The Labute approximate surface area is 134 Å². The summed E-state index contributed by atoms with van der Waals surface area (Å²) in [6.07, 6.45) is 2.12. The molecule has 3 unspecified atom stereocenters. The second-order valence-electron chi connectivity index (χ2n) is 5.78. The molecule has 4 nitrogen and oxygen atoms in total. The highest BCUT2D eigenvalue weighted by atomic mass is 35.5. The molecule has 7 heteroatoms. The Kier molecular flexibility index (Phi) is 5.24. The van der Waals surface area contributed by atoms with Crippen LogP contribution in [0.3, 0.4) is 0 Å². The molecule has 3 atom stereocenters. The van der Waals surface area contributed by atoms with Crippen LogP contribution in [0, 0.1) is 11.8 Å². The first-order valence-corrected chi connectivity index (χ1v) is 7.14. The number of amides is 1. The highest BCUT2D eigenvalue weighted by Gasteiger charge is 2.42. The summed E-state index contributed by atoms with van der Waals surface area (Å²) in [5.41, 5.74) is 6.55. The van der Waals surface area contributed by atoms with E-state index in [0.717, 1.165) is 19.4 Å². The molecule has 2 N–H and O–H groups in total. The predicted octanol–water partition coefficient (Wildman–Crippen LogP) is 2.52. The van der Waals surface area contributed by atoms with E-state index in [2.05, 4.69) is 4.74 Å². The van der Waals surface area contributed by atoms with Gasteiger partial charge in [0, 0.05) is 24.7 Å². The molecule has 1 aliphatic heterocycles. The molecule has 22 heavy (non-hydrogen) atoms. The van der Waals surface area contributed by atoms with E-state index in [1.165, 1.54) is 24.3 Å². The van der Waals surface area contributed by atoms with E-state index >= 15 is 0 Å². The number of halogens is 3. The van der Waals surface area contributed by atoms with Crippen molar-refractivity contribution in [2.45, 2.75) is 25.5 Å². The van der Waals surface area contributed by atoms with Gasteiger partial charge in [0.15, 0.2) is 0 Å². The van der Waals surface area contributed by atoms with Crippen molar-refractivity contribution < 1.29 is 18.3 Å². The molecule has 1 aliphatic carbocycles. The van der Waals surface area contributed by atoms with Gasteiger partial charge in [0.1, 0.15) is 5.75 Å². The number of hydrogen-bond acceptors (Lipinski definition) is 3. The van der Waals surface area contributed by atoms with E-state index in [9.17, 15) is 13.6 Å². The maximum absolute atomic E-state index is 12.4. The van der Waals surface area contributed by atoms with Crippen LogP contribution in [0.15, 0.2) is 24.3 Å². The first-order chi connectivity index (χ1) is 10.0. The molecule has 3 rings (SSSR count). The molecule has 2 aliphatic rings. The van der Waals surface area contributed by atoms with Crippen molar-refractivity contribution in [1.82, 2.24) is 4.90 Å². The molecule has 1 saturated carbocycles. The van der Waals surface area contributed by atoms with Crippen LogP contribution in [0.5, 0.6) is 5.75 Å². The average molecular weight is 333 g/mol. The fourth-order valence-corrected chi connectivity index (χ4v) is 3.43. The number of ether oxygens (including phenoxy) is 1. The second-order valence-corrected chi connectivity index (χ2v) is 5.78. The Balaban J connectivity index is 0.00000176. The van der Waals surface area contributed by atoms with Gasteiger partial charge in [-0.25, -0.2) is 0 Å². The molecular weight excluding hydrogens is 314 g/mol. The summed E-state index contributed by atoms with van der Waals surface area (Å²) in [6.45, 7) is -1.42. The third-order valence-electron chi connectivity index (χ3n) is 4.53. The summed E-state index contributed by atoms with van der Waals surface area (Å²) in [4.78, 5) is 14.2. The van der Waals surface area contributed by atoms with Gasteiger partial charge in [0.25, 0.3) is 5.91 Å². The Hall–Kier alpha value is -1.40. The fraction of sp³-hybridized carbons (Fsp3) is 0.533. The minimum absolute atomic E-state index is 0. The lowest BCUT2D eigenvalue weighted by molar-refractivity contribution is -0.0498. The van der Waals surface area contributed by atoms with Crippen LogP contribution in [0.4, 0.5) is 8.78 Å². The molecular formula is C15H19ClF2N2O2. The quantitative estimate of drug-likeness (QED) is 0.925. The van der Waals surface area contributed by atoms with Crippen molar-refractivity contribution in [3.63, 3.8) is 0 Å². The van der Waals surface area contributed by atoms with Crippen LogP contribution in [0.1, 0.15) is 23.2 Å². The standard InChI is InChI=1S/C15H18F2N2O2.ClH/c16-15(17)21-11-4-1-9(2-5-11)14(20)19-7-10-3-6-13(18)12(10)8-19;/h1-2,4-5,10,12-13,15H,3,6-8,18H2;1H. The minimum Gasteiger partial charge on any atom is -0.435 e. The number of fused-ring (bicyclic) bond motifs is 1. The van der Waals surface area contributed by atoms with Gasteiger partial charge < -0.3 is 15.4 Å². The van der Waals surface area contributed by atoms with E-state index in [4.69, 9.17) is 5.73 Å². The summed E-state index contributed by atoms with van der Waals surface area (Å²) < 4.78 is 28.4. The fourth-order valence-electron chi connectivity index (χ4n) is 3.43. The highest BCUT2D eigenvalue weighted by Crippen LogP contribution is 2.37. The lowest BCUT2D eigenvalue weighted by Crippen LogP contribution is -2.33. The number of carbonyl (C=O) groups is 1. The van der Waals surface area contributed by atoms with Gasteiger partial charge in [-0.05, 0) is 48.9 Å². The summed E-state index contributed by atoms with van der Waals surface area (Å²) in [6, 6.07) is 6.02. The number of nitrogens with zero attached hydrogens (tertiary/aromatic N) is 1. The monoisotopic (exact) mass is 332 g/mol. The third-order valence-corrected chi connectivity index (χ3v) is 4.53. The maximum atomic E-state index is 12.4. The van der Waals surface area contributed by atoms with Gasteiger partial charge in [0.2, 0.25) is 0 Å². The summed E-state index contributed by atoms with van der Waals surface area (Å²) in [5.74, 6) is 0.892. The van der Waals surface area contributed by atoms with Gasteiger partial charge in [-0.2, -0.15) is 8.78 Å². The lowest BCUT2D eigenvalue weighted by atomic mass is 9.98. The van der Waals surface area contributed by atoms with E-state index in [1.807, 2.05) is 4.90 Å². The van der Waals surface area contributed by atoms with E-state index in [-0.39, 0.29) is 30.1 Å². The zero-order chi connectivity index (χ0) is 15.0. The number of benzene rings is 1. The molecule has 1 heterocycles. The number of alkyl halides is 2. The van der Waals surface area contributed by atoms with Crippen LogP contribution >= 0.6 is 12.4 Å². The van der Waals surface area contributed by atoms with Crippen LogP contribution in [-0.4, -0.2) is 36.5 Å². The lowest BCUT2D eigenvalue weighted by Gasteiger charge is -2.19. The molecule has 1 saturated heterocycles. The molecule has 1 aromatic carbocycles. The summed E-state index contributed by atoms with van der Waals surface area (Å²) in [7, 11) is 0. The van der Waals surface area contributed by atoms with Crippen molar-refractivity contribution in [2.75, 3.05) is 13.1 Å². The molecule has 1 amide bonds. The largest absolute Gasteiger partial charge is 0.435 e. The zero-order valence-corrected chi connectivity index (χ0v) is 12.8. The second kappa shape index (κ2) is 6.79. The van der Waals surface area contributed by atoms with Crippen molar-refractivity contribution in [3.8, 4) is 5.75 Å².